The first kappa shape index (κ1) is 27.1. The molecule has 1 atom stereocenters. The molecule has 6 nitrogen and oxygen atoms in total. The van der Waals surface area contributed by atoms with E-state index in [-0.39, 0.29) is 29.9 Å². The maximum absolute atomic E-state index is 13.6. The molecule has 2 heterocycles. The largest absolute Gasteiger partial charge is 0.491 e. The van der Waals surface area contributed by atoms with Crippen molar-refractivity contribution in [3.8, 4) is 5.75 Å². The van der Waals surface area contributed by atoms with Gasteiger partial charge in [-0.1, -0.05) is 49.8 Å². The van der Waals surface area contributed by atoms with Crippen molar-refractivity contribution in [3.05, 3.63) is 94.2 Å². The molecule has 1 aromatic heterocycles. The van der Waals surface area contributed by atoms with Gasteiger partial charge < -0.3 is 9.64 Å². The molecule has 196 valence electrons. The van der Waals surface area contributed by atoms with Gasteiger partial charge in [-0.05, 0) is 66.1 Å². The van der Waals surface area contributed by atoms with Crippen LogP contribution in [0.25, 0.3) is 0 Å². The van der Waals surface area contributed by atoms with Crippen LogP contribution in [0.4, 0.5) is 0 Å². The minimum Gasteiger partial charge on any atom is -0.491 e. The SMILES string of the molecule is C=CCN(CC(=O)N1CCc2sccc2C1COc1ccc(C(C)C)cc1)S(=O)(=O)c1ccc(C)cc1. The van der Waals surface area contributed by atoms with E-state index in [1.807, 2.05) is 30.5 Å². The standard InChI is InChI=1S/C29H34N2O4S2/c1-5-16-30(37(33,34)25-12-6-22(4)7-13-25)19-29(32)31-17-14-28-26(15-18-36-28)27(31)20-35-24-10-8-23(9-11-24)21(2)3/h5-13,15,18,21,27H,1,14,16-17,19-20H2,2-4H3. The first-order chi connectivity index (χ1) is 17.7. The number of carbonyl (C=O) groups is 1. The Morgan fingerprint density at radius 3 is 2.51 bits per heavy atom. The molecule has 2 aromatic carbocycles. The number of hydrogen-bond donors (Lipinski definition) is 0. The van der Waals surface area contributed by atoms with Crippen LogP contribution in [0.2, 0.25) is 0 Å². The fourth-order valence-corrected chi connectivity index (χ4v) is 6.78. The normalized spacial score (nSPS) is 15.6. The Hall–Kier alpha value is -2.94. The number of thiophene rings is 1. The van der Waals surface area contributed by atoms with E-state index in [0.717, 1.165) is 23.3 Å². The Kier molecular flexibility index (Phi) is 8.52. The highest BCUT2D eigenvalue weighted by molar-refractivity contribution is 7.89. The van der Waals surface area contributed by atoms with Crippen LogP contribution in [-0.2, 0) is 21.2 Å². The molecule has 0 saturated carbocycles. The van der Waals surface area contributed by atoms with Gasteiger partial charge in [-0.2, -0.15) is 4.31 Å². The summed E-state index contributed by atoms with van der Waals surface area (Å²) in [7, 11) is -3.86. The van der Waals surface area contributed by atoms with Gasteiger partial charge >= 0.3 is 0 Å². The van der Waals surface area contributed by atoms with Gasteiger partial charge in [-0.3, -0.25) is 4.79 Å². The van der Waals surface area contributed by atoms with Crippen LogP contribution in [0.1, 0.15) is 47.4 Å². The molecule has 8 heteroatoms. The van der Waals surface area contributed by atoms with Gasteiger partial charge in [-0.15, -0.1) is 17.9 Å². The summed E-state index contributed by atoms with van der Waals surface area (Å²) in [6, 6.07) is 16.4. The number of carbonyl (C=O) groups excluding carboxylic acids is 1. The van der Waals surface area contributed by atoms with E-state index in [9.17, 15) is 13.2 Å². The topological polar surface area (TPSA) is 66.9 Å². The lowest BCUT2D eigenvalue weighted by atomic mass is 10.0. The summed E-state index contributed by atoms with van der Waals surface area (Å²) >= 11 is 1.68. The quantitative estimate of drug-likeness (QED) is 0.317. The van der Waals surface area contributed by atoms with Crippen LogP contribution in [0.5, 0.6) is 5.75 Å². The predicted octanol–water partition coefficient (Wildman–Crippen LogP) is 5.56. The van der Waals surface area contributed by atoms with Crippen molar-refractivity contribution in [3.63, 3.8) is 0 Å². The van der Waals surface area contributed by atoms with E-state index in [4.69, 9.17) is 4.74 Å². The summed E-state index contributed by atoms with van der Waals surface area (Å²) < 4.78 is 34.1. The highest BCUT2D eigenvalue weighted by atomic mass is 32.2. The van der Waals surface area contributed by atoms with E-state index < -0.39 is 10.0 Å². The minimum absolute atomic E-state index is 0.0445. The van der Waals surface area contributed by atoms with Gasteiger partial charge in [-0.25, -0.2) is 8.42 Å². The number of benzene rings is 2. The first-order valence-electron chi connectivity index (χ1n) is 12.5. The molecule has 1 amide bonds. The first-order valence-corrected chi connectivity index (χ1v) is 14.8. The molecule has 0 aliphatic carbocycles. The Morgan fingerprint density at radius 1 is 1.16 bits per heavy atom. The summed E-state index contributed by atoms with van der Waals surface area (Å²) in [5.74, 6) is 0.927. The lowest BCUT2D eigenvalue weighted by molar-refractivity contribution is -0.135. The van der Waals surface area contributed by atoms with Gasteiger partial charge in [0.2, 0.25) is 15.9 Å². The second kappa shape index (κ2) is 11.6. The van der Waals surface area contributed by atoms with Gasteiger partial charge in [0.1, 0.15) is 12.4 Å². The molecule has 0 bridgehead atoms. The Labute approximate surface area is 224 Å². The maximum atomic E-state index is 13.6. The molecule has 37 heavy (non-hydrogen) atoms. The number of fused-ring (bicyclic) bond motifs is 1. The van der Waals surface area contributed by atoms with Crippen molar-refractivity contribution in [2.24, 2.45) is 0 Å². The fourth-order valence-electron chi connectivity index (χ4n) is 4.49. The molecule has 0 radical (unpaired) electrons. The molecule has 1 unspecified atom stereocenters. The number of sulfonamides is 1. The number of rotatable bonds is 10. The van der Waals surface area contributed by atoms with E-state index in [1.54, 1.807) is 40.5 Å². The zero-order valence-corrected chi connectivity index (χ0v) is 23.2. The van der Waals surface area contributed by atoms with Crippen molar-refractivity contribution < 1.29 is 17.9 Å². The number of aryl methyl sites for hydroxylation is 1. The third kappa shape index (κ3) is 6.14. The van der Waals surface area contributed by atoms with Crippen LogP contribution in [-0.4, -0.2) is 49.8 Å². The number of amides is 1. The summed E-state index contributed by atoms with van der Waals surface area (Å²) in [4.78, 5) is 16.8. The molecule has 0 fully saturated rings. The Morgan fingerprint density at radius 2 is 1.86 bits per heavy atom. The predicted molar refractivity (Wildman–Crippen MR) is 149 cm³/mol. The van der Waals surface area contributed by atoms with E-state index >= 15 is 0 Å². The molecule has 0 saturated heterocycles. The van der Waals surface area contributed by atoms with Crippen molar-refractivity contribution in [2.45, 2.75) is 44.0 Å². The van der Waals surface area contributed by atoms with Crippen LogP contribution in [0, 0.1) is 6.92 Å². The molecular weight excluding hydrogens is 504 g/mol. The fraction of sp³-hybridized carbons (Fsp3) is 0.345. The van der Waals surface area contributed by atoms with Crippen LogP contribution in [0.15, 0.2) is 77.5 Å². The van der Waals surface area contributed by atoms with Crippen molar-refractivity contribution in [1.29, 1.82) is 0 Å². The van der Waals surface area contributed by atoms with E-state index in [2.05, 4.69) is 32.6 Å². The van der Waals surface area contributed by atoms with Crippen molar-refractivity contribution in [1.82, 2.24) is 9.21 Å². The van der Waals surface area contributed by atoms with Crippen LogP contribution >= 0.6 is 11.3 Å². The van der Waals surface area contributed by atoms with E-state index in [0.29, 0.717) is 19.1 Å². The van der Waals surface area contributed by atoms with Crippen LogP contribution in [0.3, 0.4) is 0 Å². The molecule has 0 N–H and O–H groups in total. The summed E-state index contributed by atoms with van der Waals surface area (Å²) in [5.41, 5.74) is 3.27. The molecule has 1 aliphatic rings. The monoisotopic (exact) mass is 538 g/mol. The summed E-state index contributed by atoms with van der Waals surface area (Å²) in [6.45, 7) is 10.5. The summed E-state index contributed by atoms with van der Waals surface area (Å²) in [6.07, 6.45) is 2.25. The van der Waals surface area contributed by atoms with Gasteiger partial charge in [0.25, 0.3) is 0 Å². The summed E-state index contributed by atoms with van der Waals surface area (Å²) in [5, 5.41) is 2.04. The molecule has 0 spiro atoms. The minimum atomic E-state index is -3.86. The Bertz CT molecular complexity index is 1330. The van der Waals surface area contributed by atoms with Gasteiger partial charge in [0.05, 0.1) is 17.5 Å². The average Bonchev–Trinajstić information content (AvgIpc) is 3.36. The molecular formula is C29H34N2O4S2. The van der Waals surface area contributed by atoms with Crippen LogP contribution < -0.4 is 4.74 Å². The van der Waals surface area contributed by atoms with Gasteiger partial charge in [0.15, 0.2) is 0 Å². The smallest absolute Gasteiger partial charge is 0.243 e. The van der Waals surface area contributed by atoms with Gasteiger partial charge in [0, 0.05) is 18.0 Å². The van der Waals surface area contributed by atoms with Crippen molar-refractivity contribution in [2.75, 3.05) is 26.2 Å². The second-order valence-electron chi connectivity index (χ2n) is 9.59. The number of ether oxygens (including phenoxy) is 1. The molecule has 1 aliphatic heterocycles. The zero-order chi connectivity index (χ0) is 26.6. The lowest BCUT2D eigenvalue weighted by Crippen LogP contribution is -2.47. The number of hydrogen-bond acceptors (Lipinski definition) is 5. The third-order valence-electron chi connectivity index (χ3n) is 6.67. The molecule has 3 aromatic rings. The second-order valence-corrected chi connectivity index (χ2v) is 12.5. The van der Waals surface area contributed by atoms with E-state index in [1.165, 1.54) is 20.8 Å². The number of nitrogens with zero attached hydrogens (tertiary/aromatic N) is 2. The average molecular weight is 539 g/mol. The zero-order valence-electron chi connectivity index (χ0n) is 21.6. The highest BCUT2D eigenvalue weighted by Gasteiger charge is 2.35. The lowest BCUT2D eigenvalue weighted by Gasteiger charge is -2.36. The highest BCUT2D eigenvalue weighted by Crippen LogP contribution is 2.34. The Balaban J connectivity index is 1.54. The molecule has 4 rings (SSSR count). The maximum Gasteiger partial charge on any atom is 0.243 e. The van der Waals surface area contributed by atoms with Crippen molar-refractivity contribution >= 4 is 27.3 Å². The third-order valence-corrected chi connectivity index (χ3v) is 9.50.